The molecule has 0 radical (unpaired) electrons. The first kappa shape index (κ1) is 4.01. The Balaban J connectivity index is 3.25. The zero-order valence-electron chi connectivity index (χ0n) is 6.69. The first-order valence-corrected chi connectivity index (χ1v) is 2.51. The third kappa shape index (κ3) is 1.27. The van der Waals surface area contributed by atoms with E-state index in [9.17, 15) is 4.39 Å². The smallest absolute Gasteiger partial charge is 0.128 e. The van der Waals surface area contributed by atoms with Crippen LogP contribution in [-0.2, 0) is 6.61 Å². The van der Waals surface area contributed by atoms with Crippen LogP contribution in [0, 0.1) is 5.82 Å². The molecule has 0 amide bonds. The SMILES string of the molecule is [2H]c1cc([2H])c(CO)c(F)c1. The number of halogens is 1. The molecule has 0 aliphatic heterocycles. The summed E-state index contributed by atoms with van der Waals surface area (Å²) in [5.41, 5.74) is -0.0546. The van der Waals surface area contributed by atoms with Gasteiger partial charge in [-0.3, -0.25) is 0 Å². The van der Waals surface area contributed by atoms with E-state index in [4.69, 9.17) is 7.85 Å². The van der Waals surface area contributed by atoms with E-state index >= 15 is 0 Å². The fourth-order valence-electron chi connectivity index (χ4n) is 0.521. The fourth-order valence-corrected chi connectivity index (χ4v) is 0.521. The first-order chi connectivity index (χ1) is 5.15. The van der Waals surface area contributed by atoms with Gasteiger partial charge in [0.1, 0.15) is 5.82 Å². The second-order valence-corrected chi connectivity index (χ2v) is 1.58. The van der Waals surface area contributed by atoms with E-state index in [2.05, 4.69) is 0 Å². The zero-order valence-corrected chi connectivity index (χ0v) is 4.69. The molecule has 0 unspecified atom stereocenters. The van der Waals surface area contributed by atoms with Gasteiger partial charge in [0.25, 0.3) is 0 Å². The highest BCUT2D eigenvalue weighted by atomic mass is 19.1. The highest BCUT2D eigenvalue weighted by molar-refractivity contribution is 5.15. The molecule has 0 bridgehead atoms. The monoisotopic (exact) mass is 128 g/mol. The molecular formula is C7H7FO. The summed E-state index contributed by atoms with van der Waals surface area (Å²) < 4.78 is 26.9. The minimum absolute atomic E-state index is 0.0512. The predicted molar refractivity (Wildman–Crippen MR) is 32.3 cm³/mol. The number of aliphatic hydroxyl groups excluding tert-OH is 1. The molecule has 0 saturated carbocycles. The number of rotatable bonds is 1. The van der Waals surface area contributed by atoms with Crippen molar-refractivity contribution in [2.24, 2.45) is 0 Å². The summed E-state index contributed by atoms with van der Waals surface area (Å²) in [5, 5.41) is 8.57. The van der Waals surface area contributed by atoms with Gasteiger partial charge in [-0.15, -0.1) is 0 Å². The van der Waals surface area contributed by atoms with Crippen molar-refractivity contribution in [2.45, 2.75) is 6.61 Å². The summed E-state index contributed by atoms with van der Waals surface area (Å²) in [6.07, 6.45) is 0. The largest absolute Gasteiger partial charge is 0.392 e. The van der Waals surface area contributed by atoms with Gasteiger partial charge in [0.2, 0.25) is 0 Å². The second-order valence-electron chi connectivity index (χ2n) is 1.58. The topological polar surface area (TPSA) is 20.2 Å². The lowest BCUT2D eigenvalue weighted by Gasteiger charge is -1.94. The maximum Gasteiger partial charge on any atom is 0.128 e. The Morgan fingerprint density at radius 1 is 1.78 bits per heavy atom. The Morgan fingerprint density at radius 2 is 2.56 bits per heavy atom. The van der Waals surface area contributed by atoms with Crippen molar-refractivity contribution in [3.63, 3.8) is 0 Å². The summed E-state index contributed by atoms with van der Waals surface area (Å²) in [7, 11) is 0. The number of benzene rings is 1. The van der Waals surface area contributed by atoms with Crippen LogP contribution in [0.25, 0.3) is 0 Å². The maximum absolute atomic E-state index is 12.7. The molecule has 0 atom stereocenters. The molecule has 1 rings (SSSR count). The van der Waals surface area contributed by atoms with Crippen molar-refractivity contribution in [1.82, 2.24) is 0 Å². The lowest BCUT2D eigenvalue weighted by molar-refractivity contribution is 0.276. The second kappa shape index (κ2) is 2.60. The molecule has 0 aliphatic carbocycles. The van der Waals surface area contributed by atoms with Crippen molar-refractivity contribution in [2.75, 3.05) is 0 Å². The van der Waals surface area contributed by atoms with Crippen LogP contribution in [0.3, 0.4) is 0 Å². The van der Waals surface area contributed by atoms with E-state index in [0.717, 1.165) is 6.07 Å². The molecule has 0 aliphatic rings. The van der Waals surface area contributed by atoms with E-state index in [1.807, 2.05) is 0 Å². The standard InChI is InChI=1S/C7H7FO/c8-7-4-2-1-3-6(7)5-9/h1-4,9H,5H2/i2D,3D. The summed E-state index contributed by atoms with van der Waals surface area (Å²) in [4.78, 5) is 0. The Morgan fingerprint density at radius 3 is 3.11 bits per heavy atom. The van der Waals surface area contributed by atoms with Gasteiger partial charge in [-0.25, -0.2) is 4.39 Å². The van der Waals surface area contributed by atoms with Gasteiger partial charge in [-0.05, 0) is 6.07 Å². The Kier molecular flexibility index (Phi) is 1.16. The van der Waals surface area contributed by atoms with Gasteiger partial charge in [-0.2, -0.15) is 0 Å². The minimum atomic E-state index is -0.690. The summed E-state index contributed by atoms with van der Waals surface area (Å²) in [5.74, 6) is -0.690. The molecular weight excluding hydrogens is 119 g/mol. The molecule has 0 spiro atoms. The highest BCUT2D eigenvalue weighted by Crippen LogP contribution is 2.04. The van der Waals surface area contributed by atoms with Crippen LogP contribution in [0.1, 0.15) is 8.30 Å². The van der Waals surface area contributed by atoms with E-state index in [-0.39, 0.29) is 17.6 Å². The van der Waals surface area contributed by atoms with Crippen LogP contribution in [0.15, 0.2) is 24.2 Å². The Labute approximate surface area is 55.6 Å². The van der Waals surface area contributed by atoms with Gasteiger partial charge in [-0.1, -0.05) is 18.2 Å². The summed E-state index contributed by atoms with van der Waals surface area (Å²) in [6, 6.07) is 1.99. The van der Waals surface area contributed by atoms with Crippen molar-refractivity contribution in [3.05, 3.63) is 35.6 Å². The molecule has 0 saturated heterocycles. The van der Waals surface area contributed by atoms with Crippen LogP contribution in [0.2, 0.25) is 0 Å². The lowest BCUT2D eigenvalue weighted by Crippen LogP contribution is -1.86. The quantitative estimate of drug-likeness (QED) is 0.604. The number of hydrogen-bond donors (Lipinski definition) is 1. The van der Waals surface area contributed by atoms with Gasteiger partial charge in [0.15, 0.2) is 0 Å². The maximum atomic E-state index is 12.7. The molecule has 9 heavy (non-hydrogen) atoms. The van der Waals surface area contributed by atoms with Crippen LogP contribution >= 0.6 is 0 Å². The van der Waals surface area contributed by atoms with Crippen LogP contribution in [0.4, 0.5) is 4.39 Å². The van der Waals surface area contributed by atoms with E-state index < -0.39 is 12.4 Å². The third-order valence-electron chi connectivity index (χ3n) is 0.986. The van der Waals surface area contributed by atoms with Gasteiger partial charge >= 0.3 is 0 Å². The van der Waals surface area contributed by atoms with Crippen molar-refractivity contribution in [1.29, 1.82) is 0 Å². The lowest BCUT2D eigenvalue weighted by atomic mass is 10.2. The van der Waals surface area contributed by atoms with Gasteiger partial charge in [0, 0.05) is 5.56 Å². The number of hydrogen-bond acceptors (Lipinski definition) is 1. The average molecular weight is 128 g/mol. The first-order valence-electron chi connectivity index (χ1n) is 3.51. The van der Waals surface area contributed by atoms with Crippen LogP contribution < -0.4 is 0 Å². The molecule has 0 aromatic heterocycles. The van der Waals surface area contributed by atoms with Crippen molar-refractivity contribution < 1.29 is 12.2 Å². The molecule has 1 aromatic carbocycles. The zero-order chi connectivity index (χ0) is 8.43. The van der Waals surface area contributed by atoms with Crippen LogP contribution in [0.5, 0.6) is 0 Å². The Bertz CT molecular complexity index is 252. The summed E-state index contributed by atoms with van der Waals surface area (Å²) in [6.45, 7) is -0.495. The molecule has 0 heterocycles. The highest BCUT2D eigenvalue weighted by Gasteiger charge is 1.94. The third-order valence-corrected chi connectivity index (χ3v) is 0.986. The normalized spacial score (nSPS) is 12.7. The van der Waals surface area contributed by atoms with Gasteiger partial charge < -0.3 is 5.11 Å². The molecule has 2 heteroatoms. The van der Waals surface area contributed by atoms with E-state index in [0.29, 0.717) is 0 Å². The molecule has 0 fully saturated rings. The number of aliphatic hydroxyl groups is 1. The molecule has 1 nitrogen and oxygen atoms in total. The van der Waals surface area contributed by atoms with Crippen molar-refractivity contribution >= 4 is 0 Å². The molecule has 48 valence electrons. The fraction of sp³-hybridized carbons (Fsp3) is 0.143. The average Bonchev–Trinajstić information content (AvgIpc) is 1.85. The Hall–Kier alpha value is -0.890. The van der Waals surface area contributed by atoms with E-state index in [1.165, 1.54) is 6.07 Å². The molecule has 1 N–H and O–H groups in total. The predicted octanol–water partition coefficient (Wildman–Crippen LogP) is 1.32. The minimum Gasteiger partial charge on any atom is -0.392 e. The molecule has 1 aromatic rings. The summed E-state index contributed by atoms with van der Waals surface area (Å²) >= 11 is 0. The van der Waals surface area contributed by atoms with E-state index in [1.54, 1.807) is 0 Å². The van der Waals surface area contributed by atoms with Crippen molar-refractivity contribution in [3.8, 4) is 0 Å². The van der Waals surface area contributed by atoms with Gasteiger partial charge in [0.05, 0.1) is 9.35 Å². The van der Waals surface area contributed by atoms with Crippen LogP contribution in [-0.4, -0.2) is 5.11 Å².